The molecule has 5 nitrogen and oxygen atoms in total. The van der Waals surface area contributed by atoms with Gasteiger partial charge in [0, 0.05) is 18.2 Å². The first kappa shape index (κ1) is 17.7. The van der Waals surface area contributed by atoms with Crippen LogP contribution in [0.25, 0.3) is 11.0 Å². The molecule has 1 fully saturated rings. The fourth-order valence-corrected chi connectivity index (χ4v) is 3.82. The van der Waals surface area contributed by atoms with Crippen LogP contribution in [0.3, 0.4) is 0 Å². The van der Waals surface area contributed by atoms with Crippen LogP contribution in [-0.2, 0) is 11.2 Å². The molecule has 2 aromatic carbocycles. The van der Waals surface area contributed by atoms with Crippen LogP contribution in [0, 0.1) is 0 Å². The number of piperidine rings is 1. The van der Waals surface area contributed by atoms with E-state index in [1.165, 1.54) is 5.56 Å². The Morgan fingerprint density at radius 1 is 1.22 bits per heavy atom. The van der Waals surface area contributed by atoms with Crippen molar-refractivity contribution in [3.8, 4) is 0 Å². The molecule has 0 unspecified atom stereocenters. The van der Waals surface area contributed by atoms with Crippen LogP contribution in [0.2, 0.25) is 0 Å². The molecule has 0 saturated carbocycles. The van der Waals surface area contributed by atoms with Gasteiger partial charge in [0.2, 0.25) is 5.91 Å². The van der Waals surface area contributed by atoms with E-state index in [1.54, 1.807) is 0 Å². The first-order chi connectivity index (χ1) is 13.2. The molecule has 1 saturated heterocycles. The number of aromatic nitrogens is 2. The zero-order valence-electron chi connectivity index (χ0n) is 15.7. The Bertz CT molecular complexity index is 882. The highest BCUT2D eigenvalue weighted by Gasteiger charge is 2.25. The minimum absolute atomic E-state index is 0.0458. The Hall–Kier alpha value is -2.66. The van der Waals surface area contributed by atoms with Crippen molar-refractivity contribution in [3.05, 3.63) is 59.9 Å². The van der Waals surface area contributed by atoms with Crippen molar-refractivity contribution in [2.24, 2.45) is 0 Å². The maximum Gasteiger partial charge on any atom is 0.238 e. The number of benzene rings is 2. The SMILES string of the molecule is CCc1ccc(NC(=O)CN2CCC[C@@H](c3nc4ccccc4[nH]3)C2)cc1. The van der Waals surface area contributed by atoms with Gasteiger partial charge >= 0.3 is 0 Å². The second-order valence-electron chi connectivity index (χ2n) is 7.31. The molecule has 1 aromatic heterocycles. The maximum atomic E-state index is 12.4. The lowest BCUT2D eigenvalue weighted by Gasteiger charge is -2.31. The Labute approximate surface area is 159 Å². The number of imidazole rings is 1. The van der Waals surface area contributed by atoms with E-state index in [4.69, 9.17) is 4.98 Å². The van der Waals surface area contributed by atoms with Crippen molar-refractivity contribution in [2.45, 2.75) is 32.1 Å². The summed E-state index contributed by atoms with van der Waals surface area (Å²) in [4.78, 5) is 22.9. The second-order valence-corrected chi connectivity index (χ2v) is 7.31. The zero-order chi connectivity index (χ0) is 18.6. The van der Waals surface area contributed by atoms with Crippen LogP contribution in [0.4, 0.5) is 5.69 Å². The summed E-state index contributed by atoms with van der Waals surface area (Å²) in [6.07, 6.45) is 3.20. The largest absolute Gasteiger partial charge is 0.342 e. The molecule has 1 aliphatic heterocycles. The number of para-hydroxylation sites is 2. The summed E-state index contributed by atoms with van der Waals surface area (Å²) < 4.78 is 0. The molecule has 0 spiro atoms. The number of H-pyrrole nitrogens is 1. The average molecular weight is 362 g/mol. The minimum Gasteiger partial charge on any atom is -0.342 e. The van der Waals surface area contributed by atoms with Gasteiger partial charge in [-0.2, -0.15) is 0 Å². The molecule has 1 atom stereocenters. The van der Waals surface area contributed by atoms with Gasteiger partial charge in [0.25, 0.3) is 0 Å². The van der Waals surface area contributed by atoms with Gasteiger partial charge in [-0.25, -0.2) is 4.98 Å². The van der Waals surface area contributed by atoms with Gasteiger partial charge in [-0.1, -0.05) is 31.2 Å². The lowest BCUT2D eigenvalue weighted by Crippen LogP contribution is -2.40. The van der Waals surface area contributed by atoms with Gasteiger partial charge in [0.05, 0.1) is 17.6 Å². The number of carbonyl (C=O) groups excluding carboxylic acids is 1. The highest BCUT2D eigenvalue weighted by Crippen LogP contribution is 2.26. The fourth-order valence-electron chi connectivity index (χ4n) is 3.82. The van der Waals surface area contributed by atoms with E-state index in [0.29, 0.717) is 12.5 Å². The number of likely N-dealkylation sites (tertiary alicyclic amines) is 1. The lowest BCUT2D eigenvalue weighted by atomic mass is 9.97. The number of fused-ring (bicyclic) bond motifs is 1. The Morgan fingerprint density at radius 2 is 2.04 bits per heavy atom. The molecule has 1 amide bonds. The van der Waals surface area contributed by atoms with Gasteiger partial charge in [0.1, 0.15) is 5.82 Å². The second kappa shape index (κ2) is 7.92. The average Bonchev–Trinajstić information content (AvgIpc) is 3.13. The van der Waals surface area contributed by atoms with Crippen molar-refractivity contribution < 1.29 is 4.79 Å². The number of carbonyl (C=O) groups is 1. The van der Waals surface area contributed by atoms with Crippen molar-refractivity contribution >= 4 is 22.6 Å². The summed E-state index contributed by atoms with van der Waals surface area (Å²) in [5.41, 5.74) is 4.23. The predicted octanol–water partition coefficient (Wildman–Crippen LogP) is 3.94. The third kappa shape index (κ3) is 4.19. The third-order valence-electron chi connectivity index (χ3n) is 5.31. The van der Waals surface area contributed by atoms with Crippen molar-refractivity contribution in [2.75, 3.05) is 25.0 Å². The van der Waals surface area contributed by atoms with E-state index in [9.17, 15) is 4.79 Å². The highest BCUT2D eigenvalue weighted by atomic mass is 16.2. The van der Waals surface area contributed by atoms with Crippen LogP contribution in [-0.4, -0.2) is 40.4 Å². The molecule has 4 rings (SSSR count). The Balaban J connectivity index is 1.36. The topological polar surface area (TPSA) is 61.0 Å². The molecule has 2 N–H and O–H groups in total. The number of nitrogens with zero attached hydrogens (tertiary/aromatic N) is 2. The van der Waals surface area contributed by atoms with E-state index >= 15 is 0 Å². The Kier molecular flexibility index (Phi) is 5.21. The standard InChI is InChI=1S/C22H26N4O/c1-2-16-9-11-18(12-10-16)23-21(27)15-26-13-5-6-17(14-26)22-24-19-7-3-4-8-20(19)25-22/h3-4,7-12,17H,2,5-6,13-15H2,1H3,(H,23,27)(H,24,25)/t17-/m1/s1. The first-order valence-corrected chi connectivity index (χ1v) is 9.77. The van der Waals surface area contributed by atoms with E-state index in [0.717, 1.165) is 54.9 Å². The predicted molar refractivity (Wildman–Crippen MR) is 109 cm³/mol. The molecular formula is C22H26N4O. The molecule has 3 aromatic rings. The summed E-state index contributed by atoms with van der Waals surface area (Å²) in [7, 11) is 0. The van der Waals surface area contributed by atoms with Crippen molar-refractivity contribution in [1.29, 1.82) is 0 Å². The van der Waals surface area contributed by atoms with Gasteiger partial charge in [0.15, 0.2) is 0 Å². The van der Waals surface area contributed by atoms with Gasteiger partial charge in [-0.15, -0.1) is 0 Å². The lowest BCUT2D eigenvalue weighted by molar-refractivity contribution is -0.117. The van der Waals surface area contributed by atoms with Gasteiger partial charge in [-0.3, -0.25) is 9.69 Å². The van der Waals surface area contributed by atoms with Gasteiger partial charge in [-0.05, 0) is 55.6 Å². The number of nitrogens with one attached hydrogen (secondary N) is 2. The highest BCUT2D eigenvalue weighted by molar-refractivity contribution is 5.92. The molecule has 0 bridgehead atoms. The van der Waals surface area contributed by atoms with Crippen LogP contribution in [0.1, 0.15) is 37.1 Å². The monoisotopic (exact) mass is 362 g/mol. The smallest absolute Gasteiger partial charge is 0.238 e. The molecule has 0 radical (unpaired) electrons. The van der Waals surface area contributed by atoms with Crippen LogP contribution >= 0.6 is 0 Å². The number of aryl methyl sites for hydroxylation is 1. The first-order valence-electron chi connectivity index (χ1n) is 9.77. The number of aromatic amines is 1. The number of amides is 1. The van der Waals surface area contributed by atoms with Crippen LogP contribution in [0.15, 0.2) is 48.5 Å². The number of rotatable bonds is 5. The zero-order valence-corrected chi connectivity index (χ0v) is 15.7. The summed E-state index contributed by atoms with van der Waals surface area (Å²) in [5.74, 6) is 1.43. The fraction of sp³-hybridized carbons (Fsp3) is 0.364. The van der Waals surface area contributed by atoms with E-state index < -0.39 is 0 Å². The normalized spacial score (nSPS) is 17.9. The molecular weight excluding hydrogens is 336 g/mol. The van der Waals surface area contributed by atoms with Crippen LogP contribution < -0.4 is 5.32 Å². The number of hydrogen-bond donors (Lipinski definition) is 2. The quantitative estimate of drug-likeness (QED) is 0.723. The van der Waals surface area contributed by atoms with E-state index in [-0.39, 0.29) is 5.91 Å². The molecule has 5 heteroatoms. The third-order valence-corrected chi connectivity index (χ3v) is 5.31. The molecule has 0 aliphatic carbocycles. The summed E-state index contributed by atoms with van der Waals surface area (Å²) in [5, 5.41) is 3.01. The van der Waals surface area contributed by atoms with Crippen LogP contribution in [0.5, 0.6) is 0 Å². The van der Waals surface area contributed by atoms with E-state index in [1.807, 2.05) is 30.3 Å². The summed E-state index contributed by atoms with van der Waals surface area (Å²) in [6.45, 7) is 4.37. The summed E-state index contributed by atoms with van der Waals surface area (Å²) in [6, 6.07) is 16.2. The molecule has 140 valence electrons. The number of hydrogen-bond acceptors (Lipinski definition) is 3. The molecule has 27 heavy (non-hydrogen) atoms. The minimum atomic E-state index is 0.0458. The van der Waals surface area contributed by atoms with Crippen molar-refractivity contribution in [1.82, 2.24) is 14.9 Å². The van der Waals surface area contributed by atoms with Gasteiger partial charge < -0.3 is 10.3 Å². The Morgan fingerprint density at radius 3 is 2.81 bits per heavy atom. The van der Waals surface area contributed by atoms with Crippen molar-refractivity contribution in [3.63, 3.8) is 0 Å². The van der Waals surface area contributed by atoms with E-state index in [2.05, 4.69) is 40.3 Å². The molecule has 1 aliphatic rings. The number of anilines is 1. The molecule has 2 heterocycles. The summed E-state index contributed by atoms with van der Waals surface area (Å²) >= 11 is 0. The maximum absolute atomic E-state index is 12.4.